The van der Waals surface area contributed by atoms with E-state index in [-0.39, 0.29) is 6.61 Å². The van der Waals surface area contributed by atoms with Gasteiger partial charge in [0, 0.05) is 0 Å². The summed E-state index contributed by atoms with van der Waals surface area (Å²) in [5.41, 5.74) is 0.803. The summed E-state index contributed by atoms with van der Waals surface area (Å²) in [6.07, 6.45) is -0.837. The van der Waals surface area contributed by atoms with Crippen molar-refractivity contribution in [2.45, 2.75) is 12.6 Å². The molecule has 1 rings (SSSR count). The van der Waals surface area contributed by atoms with Gasteiger partial charge in [-0.2, -0.15) is 4.89 Å². The topological polar surface area (TPSA) is 94.1 Å². The molecule has 0 radical (unpaired) electrons. The minimum absolute atomic E-state index is 0.0597. The highest BCUT2D eigenvalue weighted by Crippen LogP contribution is 2.01. The molecule has 0 heterocycles. The van der Waals surface area contributed by atoms with Crippen LogP contribution >= 0.6 is 0 Å². The molecule has 1 unspecified atom stereocenters. The van der Waals surface area contributed by atoms with E-state index in [1.54, 1.807) is 12.1 Å². The van der Waals surface area contributed by atoms with E-state index in [1.165, 1.54) is 0 Å². The number of hydrogen-bond donors (Lipinski definition) is 2. The second-order valence-corrected chi connectivity index (χ2v) is 3.51. The summed E-state index contributed by atoms with van der Waals surface area (Å²) in [6.45, 7) is -0.563. The Balaban J connectivity index is 2.39. The Kier molecular flexibility index (Phi) is 6.34. The Morgan fingerprint density at radius 2 is 2.00 bits per heavy atom. The van der Waals surface area contributed by atoms with E-state index in [0.29, 0.717) is 0 Å². The predicted octanol–water partition coefficient (Wildman–Crippen LogP) is 0.378. The van der Waals surface area contributed by atoms with E-state index < -0.39 is 24.7 Å². The molecule has 1 aromatic carbocycles. The number of carbonyl (C=O) groups is 2. The van der Waals surface area contributed by atoms with Crippen molar-refractivity contribution in [2.75, 3.05) is 13.7 Å². The van der Waals surface area contributed by atoms with Crippen LogP contribution in [0.4, 0.5) is 4.79 Å². The smallest absolute Gasteiger partial charge is 0.408 e. The van der Waals surface area contributed by atoms with Crippen molar-refractivity contribution in [1.82, 2.24) is 5.32 Å². The highest BCUT2D eigenvalue weighted by molar-refractivity contribution is 5.81. The van der Waals surface area contributed by atoms with Gasteiger partial charge in [-0.05, 0) is 5.56 Å². The van der Waals surface area contributed by atoms with Crippen molar-refractivity contribution >= 4 is 12.1 Å². The van der Waals surface area contributed by atoms with Crippen LogP contribution in [0.3, 0.4) is 0 Å². The zero-order valence-corrected chi connectivity index (χ0v) is 10.4. The Morgan fingerprint density at radius 1 is 1.32 bits per heavy atom. The monoisotopic (exact) mass is 269 g/mol. The molecule has 0 saturated heterocycles. The number of hydrogen-bond acceptors (Lipinski definition) is 6. The fourth-order valence-electron chi connectivity index (χ4n) is 1.23. The van der Waals surface area contributed by atoms with Crippen LogP contribution in [0, 0.1) is 0 Å². The molecule has 0 spiro atoms. The molecule has 0 bridgehead atoms. The van der Waals surface area contributed by atoms with E-state index >= 15 is 0 Å². The number of alkyl carbamates (subject to hydrolysis) is 1. The molecule has 0 aromatic heterocycles. The van der Waals surface area contributed by atoms with E-state index in [2.05, 4.69) is 15.1 Å². The fourth-order valence-corrected chi connectivity index (χ4v) is 1.23. The Labute approximate surface area is 110 Å². The Morgan fingerprint density at radius 3 is 2.58 bits per heavy atom. The van der Waals surface area contributed by atoms with Crippen LogP contribution in [0.1, 0.15) is 5.56 Å². The minimum atomic E-state index is -1.23. The maximum Gasteiger partial charge on any atom is 0.408 e. The second-order valence-electron chi connectivity index (χ2n) is 3.51. The summed E-state index contributed by atoms with van der Waals surface area (Å²) in [7, 11) is 1.14. The van der Waals surface area contributed by atoms with Crippen LogP contribution in [-0.4, -0.2) is 36.9 Å². The maximum atomic E-state index is 11.4. The molecule has 7 nitrogen and oxygen atoms in total. The van der Waals surface area contributed by atoms with Gasteiger partial charge in [0.1, 0.15) is 6.61 Å². The number of benzene rings is 1. The van der Waals surface area contributed by atoms with Crippen LogP contribution in [-0.2, 0) is 25.9 Å². The fraction of sp³-hybridized carbons (Fsp3) is 0.333. The van der Waals surface area contributed by atoms with Gasteiger partial charge in [-0.25, -0.2) is 9.59 Å². The molecule has 0 aliphatic heterocycles. The van der Waals surface area contributed by atoms with E-state index in [4.69, 9.17) is 9.84 Å². The van der Waals surface area contributed by atoms with Crippen LogP contribution < -0.4 is 5.32 Å². The van der Waals surface area contributed by atoms with E-state index in [1.807, 2.05) is 18.2 Å². The highest BCUT2D eigenvalue weighted by atomic mass is 17.2. The number of ether oxygens (including phenoxy) is 1. The average molecular weight is 269 g/mol. The summed E-state index contributed by atoms with van der Waals surface area (Å²) in [4.78, 5) is 30.9. The third-order valence-corrected chi connectivity index (χ3v) is 2.14. The van der Waals surface area contributed by atoms with Gasteiger partial charge in [0.15, 0.2) is 6.04 Å². The molecular weight excluding hydrogens is 254 g/mol. The normalized spacial score (nSPS) is 11.5. The first kappa shape index (κ1) is 14.9. The lowest BCUT2D eigenvalue weighted by Gasteiger charge is -2.13. The molecule has 7 heteroatoms. The number of aliphatic hydroxyl groups is 1. The number of rotatable bonds is 6. The summed E-state index contributed by atoms with van der Waals surface area (Å²) in [5.74, 6) is -0.915. The van der Waals surface area contributed by atoms with Gasteiger partial charge in [-0.3, -0.25) is 4.89 Å². The summed E-state index contributed by atoms with van der Waals surface area (Å²) in [5, 5.41) is 11.1. The number of amides is 1. The van der Waals surface area contributed by atoms with Gasteiger partial charge >= 0.3 is 12.1 Å². The molecule has 104 valence electrons. The Bertz CT molecular complexity index is 408. The predicted molar refractivity (Wildman–Crippen MR) is 63.7 cm³/mol. The molecule has 0 fully saturated rings. The largest absolute Gasteiger partial charge is 0.445 e. The van der Waals surface area contributed by atoms with Crippen LogP contribution in [0.5, 0.6) is 0 Å². The number of carbonyl (C=O) groups excluding carboxylic acids is 2. The first-order chi connectivity index (χ1) is 9.17. The first-order valence-corrected chi connectivity index (χ1v) is 5.50. The average Bonchev–Trinajstić information content (AvgIpc) is 2.44. The van der Waals surface area contributed by atoms with Gasteiger partial charge < -0.3 is 15.2 Å². The first-order valence-electron chi connectivity index (χ1n) is 5.50. The van der Waals surface area contributed by atoms with E-state index in [0.717, 1.165) is 12.7 Å². The molecule has 1 aromatic rings. The van der Waals surface area contributed by atoms with Gasteiger partial charge in [-0.1, -0.05) is 30.3 Å². The van der Waals surface area contributed by atoms with Crippen LogP contribution in [0.25, 0.3) is 0 Å². The zero-order valence-electron chi connectivity index (χ0n) is 10.4. The number of nitrogens with one attached hydrogen (secondary N) is 1. The van der Waals surface area contributed by atoms with Crippen molar-refractivity contribution < 1.29 is 29.2 Å². The summed E-state index contributed by atoms with van der Waals surface area (Å²) < 4.78 is 4.88. The third-order valence-electron chi connectivity index (χ3n) is 2.14. The summed E-state index contributed by atoms with van der Waals surface area (Å²) in [6, 6.07) is 7.80. The van der Waals surface area contributed by atoms with E-state index in [9.17, 15) is 9.59 Å². The molecule has 1 atom stereocenters. The maximum absolute atomic E-state index is 11.4. The molecule has 0 aliphatic rings. The van der Waals surface area contributed by atoms with Crippen molar-refractivity contribution in [3.05, 3.63) is 35.9 Å². The lowest BCUT2D eigenvalue weighted by molar-refractivity contribution is -0.257. The molecule has 0 saturated carbocycles. The van der Waals surface area contributed by atoms with Crippen LogP contribution in [0.2, 0.25) is 0 Å². The SMILES string of the molecule is COOC(=O)C(CO)NC(=O)OCc1ccccc1. The minimum Gasteiger partial charge on any atom is -0.445 e. The third kappa shape index (κ3) is 5.36. The zero-order chi connectivity index (χ0) is 14.1. The molecule has 2 N–H and O–H groups in total. The van der Waals surface area contributed by atoms with Gasteiger partial charge in [-0.15, -0.1) is 0 Å². The standard InChI is InChI=1S/C12H15NO6/c1-17-19-11(15)10(7-14)13-12(16)18-8-9-5-3-2-4-6-9/h2-6,10,14H,7-8H2,1H3,(H,13,16). The molecule has 0 aliphatic carbocycles. The quantitative estimate of drug-likeness (QED) is 0.572. The lowest BCUT2D eigenvalue weighted by atomic mass is 10.2. The highest BCUT2D eigenvalue weighted by Gasteiger charge is 2.22. The van der Waals surface area contributed by atoms with Gasteiger partial charge in [0.25, 0.3) is 0 Å². The van der Waals surface area contributed by atoms with Crippen molar-refractivity contribution in [3.63, 3.8) is 0 Å². The van der Waals surface area contributed by atoms with Crippen molar-refractivity contribution in [1.29, 1.82) is 0 Å². The molecule has 1 amide bonds. The van der Waals surface area contributed by atoms with Crippen molar-refractivity contribution in [2.24, 2.45) is 0 Å². The Hall–Kier alpha value is -2.12. The lowest BCUT2D eigenvalue weighted by Crippen LogP contribution is -2.44. The second kappa shape index (κ2) is 8.06. The number of aliphatic hydroxyl groups excluding tert-OH is 1. The van der Waals surface area contributed by atoms with Gasteiger partial charge in [0.05, 0.1) is 13.7 Å². The van der Waals surface area contributed by atoms with Crippen molar-refractivity contribution in [3.8, 4) is 0 Å². The molecular formula is C12H15NO6. The molecule has 19 heavy (non-hydrogen) atoms. The van der Waals surface area contributed by atoms with Crippen LogP contribution in [0.15, 0.2) is 30.3 Å². The van der Waals surface area contributed by atoms with Gasteiger partial charge in [0.2, 0.25) is 0 Å². The summed E-state index contributed by atoms with van der Waals surface area (Å²) >= 11 is 0.